The Labute approximate surface area is 123 Å². The molecule has 0 aliphatic rings. The second kappa shape index (κ2) is 7.40. The SMILES string of the molecule is CSCCC(NC(=O)c1ccc(Br)cc1O)C(=O)O. The Morgan fingerprint density at radius 3 is 2.68 bits per heavy atom. The molecule has 1 atom stereocenters. The minimum atomic E-state index is -1.08. The molecule has 0 aromatic heterocycles. The van der Waals surface area contributed by atoms with Crippen molar-refractivity contribution in [2.75, 3.05) is 12.0 Å². The van der Waals surface area contributed by atoms with Crippen LogP contribution in [0.1, 0.15) is 16.8 Å². The number of aliphatic carboxylic acids is 1. The van der Waals surface area contributed by atoms with E-state index in [1.165, 1.54) is 23.9 Å². The molecule has 0 fully saturated rings. The maximum absolute atomic E-state index is 11.9. The van der Waals surface area contributed by atoms with Crippen molar-refractivity contribution in [3.8, 4) is 5.75 Å². The highest BCUT2D eigenvalue weighted by Crippen LogP contribution is 2.22. The van der Waals surface area contributed by atoms with Crippen LogP contribution in [0, 0.1) is 0 Å². The summed E-state index contributed by atoms with van der Waals surface area (Å²) in [5.41, 5.74) is 0.0543. The van der Waals surface area contributed by atoms with Crippen LogP contribution in [0.15, 0.2) is 22.7 Å². The third kappa shape index (κ3) is 4.76. The summed E-state index contributed by atoms with van der Waals surface area (Å²) in [5, 5.41) is 21.1. The highest BCUT2D eigenvalue weighted by molar-refractivity contribution is 9.10. The van der Waals surface area contributed by atoms with Gasteiger partial charge in [-0.15, -0.1) is 0 Å². The molecular weight excluding hydrogens is 334 g/mol. The normalized spacial score (nSPS) is 11.9. The van der Waals surface area contributed by atoms with Gasteiger partial charge in [0.05, 0.1) is 5.56 Å². The van der Waals surface area contributed by atoms with Crippen molar-refractivity contribution in [2.45, 2.75) is 12.5 Å². The maximum atomic E-state index is 11.9. The number of hydrogen-bond acceptors (Lipinski definition) is 4. The monoisotopic (exact) mass is 347 g/mol. The van der Waals surface area contributed by atoms with Crippen LogP contribution in [0.3, 0.4) is 0 Å². The Kier molecular flexibility index (Phi) is 6.17. The number of carboxylic acid groups (broad SMARTS) is 1. The molecule has 1 aromatic carbocycles. The van der Waals surface area contributed by atoms with Crippen LogP contribution in [0.2, 0.25) is 0 Å². The van der Waals surface area contributed by atoms with Gasteiger partial charge in [0.2, 0.25) is 0 Å². The molecule has 0 bridgehead atoms. The number of carbonyl (C=O) groups is 2. The molecule has 3 N–H and O–H groups in total. The standard InChI is InChI=1S/C12H14BrNO4S/c1-19-5-4-9(12(17)18)14-11(16)8-3-2-7(13)6-10(8)15/h2-3,6,9,15H,4-5H2,1H3,(H,14,16)(H,17,18). The fourth-order valence-electron chi connectivity index (χ4n) is 1.43. The number of rotatable bonds is 6. The number of hydrogen-bond donors (Lipinski definition) is 3. The molecule has 0 aliphatic carbocycles. The number of carbonyl (C=O) groups excluding carboxylic acids is 1. The average Bonchev–Trinajstić information content (AvgIpc) is 2.33. The van der Waals surface area contributed by atoms with Crippen molar-refractivity contribution >= 4 is 39.6 Å². The van der Waals surface area contributed by atoms with Crippen LogP contribution in [-0.4, -0.2) is 40.1 Å². The quantitative estimate of drug-likeness (QED) is 0.733. The van der Waals surface area contributed by atoms with Gasteiger partial charge in [-0.2, -0.15) is 11.8 Å². The van der Waals surface area contributed by atoms with Crippen molar-refractivity contribution in [1.29, 1.82) is 0 Å². The minimum absolute atomic E-state index is 0.0543. The summed E-state index contributed by atoms with van der Waals surface area (Å²) in [6.45, 7) is 0. The van der Waals surface area contributed by atoms with Gasteiger partial charge in [0.15, 0.2) is 0 Å². The highest BCUT2D eigenvalue weighted by atomic mass is 79.9. The van der Waals surface area contributed by atoms with E-state index in [9.17, 15) is 14.7 Å². The molecule has 1 unspecified atom stereocenters. The van der Waals surface area contributed by atoms with Gasteiger partial charge in [0, 0.05) is 4.47 Å². The van der Waals surface area contributed by atoms with Gasteiger partial charge < -0.3 is 15.5 Å². The van der Waals surface area contributed by atoms with E-state index in [1.807, 2.05) is 6.26 Å². The Bertz CT molecular complexity index is 481. The molecule has 0 spiro atoms. The summed E-state index contributed by atoms with van der Waals surface area (Å²) >= 11 is 4.67. The summed E-state index contributed by atoms with van der Waals surface area (Å²) in [4.78, 5) is 22.9. The number of thioether (sulfide) groups is 1. The average molecular weight is 348 g/mol. The number of carboxylic acids is 1. The second-order valence-electron chi connectivity index (χ2n) is 3.81. The maximum Gasteiger partial charge on any atom is 0.326 e. The van der Waals surface area contributed by atoms with Gasteiger partial charge in [-0.3, -0.25) is 4.79 Å². The Hall–Kier alpha value is -1.21. The molecule has 0 aliphatic heterocycles. The molecule has 104 valence electrons. The first kappa shape index (κ1) is 15.8. The van der Waals surface area contributed by atoms with Crippen molar-refractivity contribution in [3.05, 3.63) is 28.2 Å². The molecule has 19 heavy (non-hydrogen) atoms. The van der Waals surface area contributed by atoms with Crippen molar-refractivity contribution < 1.29 is 19.8 Å². The van der Waals surface area contributed by atoms with Crippen LogP contribution in [0.25, 0.3) is 0 Å². The Morgan fingerprint density at radius 1 is 1.47 bits per heavy atom. The predicted molar refractivity (Wildman–Crippen MR) is 77.7 cm³/mol. The highest BCUT2D eigenvalue weighted by Gasteiger charge is 2.21. The fraction of sp³-hybridized carbons (Fsp3) is 0.333. The van der Waals surface area contributed by atoms with Gasteiger partial charge in [-0.1, -0.05) is 15.9 Å². The lowest BCUT2D eigenvalue weighted by atomic mass is 10.1. The number of nitrogens with one attached hydrogen (secondary N) is 1. The molecule has 0 saturated heterocycles. The molecule has 0 heterocycles. The fourth-order valence-corrected chi connectivity index (χ4v) is 2.25. The molecule has 5 nitrogen and oxygen atoms in total. The summed E-state index contributed by atoms with van der Waals surface area (Å²) in [6.07, 6.45) is 2.20. The minimum Gasteiger partial charge on any atom is -0.507 e. The molecule has 1 amide bonds. The Balaban J connectivity index is 2.78. The van der Waals surface area contributed by atoms with Gasteiger partial charge in [0.25, 0.3) is 5.91 Å². The summed E-state index contributed by atoms with van der Waals surface area (Å²) in [5.74, 6) is -1.25. The van der Waals surface area contributed by atoms with Crippen molar-refractivity contribution in [1.82, 2.24) is 5.32 Å². The van der Waals surface area contributed by atoms with E-state index in [0.717, 1.165) is 0 Å². The second-order valence-corrected chi connectivity index (χ2v) is 5.71. The number of phenols is 1. The number of amides is 1. The van der Waals surface area contributed by atoms with E-state index in [-0.39, 0.29) is 11.3 Å². The summed E-state index contributed by atoms with van der Waals surface area (Å²) in [6, 6.07) is 3.46. The lowest BCUT2D eigenvalue weighted by molar-refractivity contribution is -0.139. The van der Waals surface area contributed by atoms with E-state index in [2.05, 4.69) is 21.2 Å². The topological polar surface area (TPSA) is 86.6 Å². The predicted octanol–water partition coefficient (Wildman–Crippen LogP) is 2.09. The van der Waals surface area contributed by atoms with E-state index in [0.29, 0.717) is 16.6 Å². The van der Waals surface area contributed by atoms with E-state index < -0.39 is 17.9 Å². The van der Waals surface area contributed by atoms with Crippen LogP contribution in [0.4, 0.5) is 0 Å². The van der Waals surface area contributed by atoms with Crippen LogP contribution < -0.4 is 5.32 Å². The molecule has 1 aromatic rings. The lowest BCUT2D eigenvalue weighted by Gasteiger charge is -2.14. The zero-order valence-corrected chi connectivity index (χ0v) is 12.6. The van der Waals surface area contributed by atoms with E-state index >= 15 is 0 Å². The zero-order valence-electron chi connectivity index (χ0n) is 10.2. The number of halogens is 1. The van der Waals surface area contributed by atoms with E-state index in [1.54, 1.807) is 6.07 Å². The van der Waals surface area contributed by atoms with Gasteiger partial charge in [-0.05, 0) is 36.6 Å². The molecule has 1 rings (SSSR count). The first-order valence-corrected chi connectivity index (χ1v) is 7.65. The number of phenolic OH excluding ortho intramolecular Hbond substituents is 1. The largest absolute Gasteiger partial charge is 0.507 e. The molecule has 7 heteroatoms. The zero-order chi connectivity index (χ0) is 14.4. The van der Waals surface area contributed by atoms with Gasteiger partial charge >= 0.3 is 5.97 Å². The third-order valence-electron chi connectivity index (χ3n) is 2.42. The van der Waals surface area contributed by atoms with Crippen LogP contribution in [0.5, 0.6) is 5.75 Å². The van der Waals surface area contributed by atoms with Crippen LogP contribution >= 0.6 is 27.7 Å². The molecule has 0 radical (unpaired) electrons. The lowest BCUT2D eigenvalue weighted by Crippen LogP contribution is -2.41. The van der Waals surface area contributed by atoms with E-state index in [4.69, 9.17) is 5.11 Å². The first-order valence-electron chi connectivity index (χ1n) is 5.46. The Morgan fingerprint density at radius 2 is 2.16 bits per heavy atom. The van der Waals surface area contributed by atoms with Crippen molar-refractivity contribution in [2.24, 2.45) is 0 Å². The first-order chi connectivity index (χ1) is 8.95. The smallest absolute Gasteiger partial charge is 0.326 e. The van der Waals surface area contributed by atoms with Crippen LogP contribution in [-0.2, 0) is 4.79 Å². The summed E-state index contributed by atoms with van der Waals surface area (Å²) in [7, 11) is 0. The van der Waals surface area contributed by atoms with Gasteiger partial charge in [-0.25, -0.2) is 4.79 Å². The summed E-state index contributed by atoms with van der Waals surface area (Å²) < 4.78 is 0.638. The van der Waals surface area contributed by atoms with Crippen molar-refractivity contribution in [3.63, 3.8) is 0 Å². The number of aromatic hydroxyl groups is 1. The molecular formula is C12H14BrNO4S. The number of benzene rings is 1. The van der Waals surface area contributed by atoms with Gasteiger partial charge in [0.1, 0.15) is 11.8 Å². The third-order valence-corrected chi connectivity index (χ3v) is 3.56. The molecule has 0 saturated carbocycles.